The molecular formula is C20H15N5O2. The minimum Gasteiger partial charge on any atom is -0.321 e. The van der Waals surface area contributed by atoms with Gasteiger partial charge in [-0.1, -0.05) is 12.1 Å². The van der Waals surface area contributed by atoms with Gasteiger partial charge in [-0.05, 0) is 43.3 Å². The molecule has 0 saturated heterocycles. The molecular weight excluding hydrogens is 342 g/mol. The first-order valence-corrected chi connectivity index (χ1v) is 8.30. The quantitative estimate of drug-likeness (QED) is 0.609. The summed E-state index contributed by atoms with van der Waals surface area (Å²) in [5.74, 6) is 0.242. The molecule has 0 radical (unpaired) electrons. The second-order valence-electron chi connectivity index (χ2n) is 5.91. The van der Waals surface area contributed by atoms with E-state index in [9.17, 15) is 9.59 Å². The van der Waals surface area contributed by atoms with E-state index in [1.807, 2.05) is 18.2 Å². The summed E-state index contributed by atoms with van der Waals surface area (Å²) >= 11 is 0. The highest BCUT2D eigenvalue weighted by Gasteiger charge is 2.11. The van der Waals surface area contributed by atoms with Crippen LogP contribution >= 0.6 is 0 Å². The standard InChI is InChI=1S/C20H15N5O2/c1-13-23-17-5-3-2-4-16(17)20(27)25(13)15-8-6-14(7-9-15)24-19(26)18-12-21-10-11-22-18/h2-12H,1H3,(H,24,26). The Balaban J connectivity index is 1.66. The molecule has 2 heterocycles. The Labute approximate surface area is 154 Å². The Morgan fingerprint density at radius 1 is 1.04 bits per heavy atom. The molecule has 0 aliphatic carbocycles. The molecule has 2 aromatic heterocycles. The number of benzene rings is 2. The van der Waals surface area contributed by atoms with Crippen LogP contribution in [0.5, 0.6) is 0 Å². The molecule has 132 valence electrons. The summed E-state index contributed by atoms with van der Waals surface area (Å²) in [6.45, 7) is 1.79. The SMILES string of the molecule is Cc1nc2ccccc2c(=O)n1-c1ccc(NC(=O)c2cnccn2)cc1. The van der Waals surface area contributed by atoms with Crippen LogP contribution in [0.25, 0.3) is 16.6 Å². The molecule has 0 unspecified atom stereocenters. The predicted octanol–water partition coefficient (Wildman–Crippen LogP) is 2.74. The summed E-state index contributed by atoms with van der Waals surface area (Å²) in [6, 6.07) is 14.2. The van der Waals surface area contributed by atoms with Crippen LogP contribution < -0.4 is 10.9 Å². The summed E-state index contributed by atoms with van der Waals surface area (Å²) in [5, 5.41) is 3.31. The first-order chi connectivity index (χ1) is 13.1. The van der Waals surface area contributed by atoms with E-state index in [2.05, 4.69) is 20.3 Å². The van der Waals surface area contributed by atoms with Crippen molar-refractivity contribution in [3.63, 3.8) is 0 Å². The van der Waals surface area contributed by atoms with E-state index in [1.54, 1.807) is 41.8 Å². The van der Waals surface area contributed by atoms with Gasteiger partial charge in [-0.2, -0.15) is 0 Å². The zero-order valence-corrected chi connectivity index (χ0v) is 14.5. The van der Waals surface area contributed by atoms with E-state index >= 15 is 0 Å². The second-order valence-corrected chi connectivity index (χ2v) is 5.91. The van der Waals surface area contributed by atoms with Crippen LogP contribution in [0, 0.1) is 6.92 Å². The first kappa shape index (κ1) is 16.6. The number of amides is 1. The maximum Gasteiger partial charge on any atom is 0.275 e. The Kier molecular flexibility index (Phi) is 4.18. The molecule has 2 aromatic carbocycles. The maximum absolute atomic E-state index is 12.8. The van der Waals surface area contributed by atoms with Crippen LogP contribution in [-0.2, 0) is 0 Å². The number of nitrogens with zero attached hydrogens (tertiary/aromatic N) is 4. The zero-order chi connectivity index (χ0) is 18.8. The number of carbonyl (C=O) groups excluding carboxylic acids is 1. The molecule has 0 aliphatic heterocycles. The topological polar surface area (TPSA) is 89.8 Å². The van der Waals surface area contributed by atoms with Gasteiger partial charge in [-0.25, -0.2) is 9.97 Å². The van der Waals surface area contributed by atoms with E-state index in [4.69, 9.17) is 0 Å². The maximum atomic E-state index is 12.8. The molecule has 0 bridgehead atoms. The van der Waals surface area contributed by atoms with Gasteiger partial charge in [0.25, 0.3) is 11.5 Å². The molecule has 1 amide bonds. The number of rotatable bonds is 3. The van der Waals surface area contributed by atoms with Crippen molar-refractivity contribution in [2.24, 2.45) is 0 Å². The normalized spacial score (nSPS) is 10.7. The van der Waals surface area contributed by atoms with E-state index in [0.717, 1.165) is 0 Å². The fourth-order valence-electron chi connectivity index (χ4n) is 2.85. The number of fused-ring (bicyclic) bond motifs is 1. The Morgan fingerprint density at radius 2 is 1.81 bits per heavy atom. The van der Waals surface area contributed by atoms with Crippen LogP contribution in [0.2, 0.25) is 0 Å². The van der Waals surface area contributed by atoms with Gasteiger partial charge >= 0.3 is 0 Å². The molecule has 0 fully saturated rings. The molecule has 0 aliphatic rings. The number of aromatic nitrogens is 4. The fraction of sp³-hybridized carbons (Fsp3) is 0.0500. The molecule has 0 spiro atoms. The van der Waals surface area contributed by atoms with Crippen molar-refractivity contribution >= 4 is 22.5 Å². The average Bonchev–Trinajstić information content (AvgIpc) is 2.70. The van der Waals surface area contributed by atoms with Crippen molar-refractivity contribution in [1.82, 2.24) is 19.5 Å². The molecule has 7 heteroatoms. The Morgan fingerprint density at radius 3 is 2.56 bits per heavy atom. The van der Waals surface area contributed by atoms with Crippen LogP contribution in [0.15, 0.2) is 71.9 Å². The van der Waals surface area contributed by atoms with E-state index in [-0.39, 0.29) is 17.2 Å². The third-order valence-electron chi connectivity index (χ3n) is 4.12. The highest BCUT2D eigenvalue weighted by molar-refractivity contribution is 6.02. The van der Waals surface area contributed by atoms with Gasteiger partial charge in [0.2, 0.25) is 0 Å². The van der Waals surface area contributed by atoms with Gasteiger partial charge in [0.05, 0.1) is 22.8 Å². The van der Waals surface area contributed by atoms with Crippen molar-refractivity contribution in [3.8, 4) is 5.69 Å². The van der Waals surface area contributed by atoms with Crippen LogP contribution in [-0.4, -0.2) is 25.4 Å². The number of hydrogen-bond donors (Lipinski definition) is 1. The minimum atomic E-state index is -0.350. The predicted molar refractivity (Wildman–Crippen MR) is 102 cm³/mol. The average molecular weight is 357 g/mol. The highest BCUT2D eigenvalue weighted by Crippen LogP contribution is 2.16. The van der Waals surface area contributed by atoms with Gasteiger partial charge < -0.3 is 5.32 Å². The molecule has 4 rings (SSSR count). The molecule has 0 saturated carbocycles. The number of carbonyl (C=O) groups is 1. The van der Waals surface area contributed by atoms with Crippen molar-refractivity contribution < 1.29 is 4.79 Å². The smallest absolute Gasteiger partial charge is 0.275 e. The van der Waals surface area contributed by atoms with Gasteiger partial charge in [-0.15, -0.1) is 0 Å². The molecule has 7 nitrogen and oxygen atoms in total. The van der Waals surface area contributed by atoms with Crippen LogP contribution in [0.4, 0.5) is 5.69 Å². The molecule has 0 atom stereocenters. The fourth-order valence-corrected chi connectivity index (χ4v) is 2.85. The lowest BCUT2D eigenvalue weighted by Crippen LogP contribution is -2.22. The number of para-hydroxylation sites is 1. The molecule has 1 N–H and O–H groups in total. The van der Waals surface area contributed by atoms with Gasteiger partial charge in [0, 0.05) is 18.1 Å². The van der Waals surface area contributed by atoms with Crippen molar-refractivity contribution in [3.05, 3.63) is 89.0 Å². The lowest BCUT2D eigenvalue weighted by molar-refractivity contribution is 0.102. The summed E-state index contributed by atoms with van der Waals surface area (Å²) in [6.07, 6.45) is 4.36. The third kappa shape index (κ3) is 3.18. The minimum absolute atomic E-state index is 0.130. The second kappa shape index (κ2) is 6.80. The van der Waals surface area contributed by atoms with Crippen molar-refractivity contribution in [1.29, 1.82) is 0 Å². The van der Waals surface area contributed by atoms with E-state index < -0.39 is 0 Å². The number of hydrogen-bond acceptors (Lipinski definition) is 5. The van der Waals surface area contributed by atoms with Crippen LogP contribution in [0.3, 0.4) is 0 Å². The zero-order valence-electron chi connectivity index (χ0n) is 14.5. The number of anilines is 1. The molecule has 27 heavy (non-hydrogen) atoms. The third-order valence-corrected chi connectivity index (χ3v) is 4.12. The summed E-state index contributed by atoms with van der Waals surface area (Å²) in [5.41, 5.74) is 2.04. The van der Waals surface area contributed by atoms with Crippen molar-refractivity contribution in [2.45, 2.75) is 6.92 Å². The Hall–Kier alpha value is -3.87. The van der Waals surface area contributed by atoms with Gasteiger partial charge in [-0.3, -0.25) is 19.1 Å². The summed E-state index contributed by atoms with van der Waals surface area (Å²) in [7, 11) is 0. The highest BCUT2D eigenvalue weighted by atomic mass is 16.2. The summed E-state index contributed by atoms with van der Waals surface area (Å²) in [4.78, 5) is 37.3. The lowest BCUT2D eigenvalue weighted by atomic mass is 10.2. The molecule has 4 aromatic rings. The van der Waals surface area contributed by atoms with Gasteiger partial charge in [0.1, 0.15) is 11.5 Å². The van der Waals surface area contributed by atoms with Crippen LogP contribution in [0.1, 0.15) is 16.3 Å². The summed E-state index contributed by atoms with van der Waals surface area (Å²) < 4.78 is 1.55. The first-order valence-electron chi connectivity index (χ1n) is 8.30. The number of aryl methyl sites for hydroxylation is 1. The monoisotopic (exact) mass is 357 g/mol. The Bertz CT molecular complexity index is 1180. The largest absolute Gasteiger partial charge is 0.321 e. The van der Waals surface area contributed by atoms with E-state index in [1.165, 1.54) is 18.6 Å². The lowest BCUT2D eigenvalue weighted by Gasteiger charge is -2.12. The van der Waals surface area contributed by atoms with Gasteiger partial charge in [0.15, 0.2) is 0 Å². The van der Waals surface area contributed by atoms with Crippen molar-refractivity contribution in [2.75, 3.05) is 5.32 Å². The number of nitrogens with one attached hydrogen (secondary N) is 1. The van der Waals surface area contributed by atoms with E-state index in [0.29, 0.717) is 28.1 Å².